The van der Waals surface area contributed by atoms with Gasteiger partial charge in [-0.1, -0.05) is 17.7 Å². The Balaban J connectivity index is 1.91. The molecule has 0 saturated heterocycles. The molecular formula is C22H20ClFN2O4S2. The Morgan fingerprint density at radius 2 is 1.66 bits per heavy atom. The van der Waals surface area contributed by atoms with Crippen LogP contribution in [-0.2, 0) is 20.8 Å². The van der Waals surface area contributed by atoms with E-state index in [0.717, 1.165) is 15.3 Å². The van der Waals surface area contributed by atoms with Crippen molar-refractivity contribution in [1.82, 2.24) is 0 Å². The molecule has 10 heteroatoms. The van der Waals surface area contributed by atoms with Crippen molar-refractivity contribution in [2.75, 3.05) is 29.6 Å². The van der Waals surface area contributed by atoms with Crippen molar-refractivity contribution in [2.24, 2.45) is 0 Å². The molecule has 32 heavy (non-hydrogen) atoms. The second kappa shape index (κ2) is 9.40. The van der Waals surface area contributed by atoms with Crippen LogP contribution < -0.4 is 9.21 Å². The number of anilines is 2. The van der Waals surface area contributed by atoms with E-state index in [0.29, 0.717) is 10.6 Å². The normalized spacial score (nSPS) is 12.3. The van der Waals surface area contributed by atoms with Crippen LogP contribution in [-0.4, -0.2) is 38.9 Å². The quantitative estimate of drug-likeness (QED) is 0.511. The zero-order valence-electron chi connectivity index (χ0n) is 17.5. The SMILES string of the molecule is CN(C(=O)c1cccc(S(=O)(=O)N(C)c2ccc(S(C)=O)cc2)c1)c1ccc(Cl)cc1F. The van der Waals surface area contributed by atoms with Crippen molar-refractivity contribution in [3.8, 4) is 0 Å². The number of halogens is 2. The first-order valence-electron chi connectivity index (χ1n) is 9.28. The monoisotopic (exact) mass is 494 g/mol. The van der Waals surface area contributed by atoms with Crippen molar-refractivity contribution in [1.29, 1.82) is 0 Å². The molecule has 0 fully saturated rings. The molecule has 0 aliphatic heterocycles. The minimum atomic E-state index is -3.99. The third-order valence-corrected chi connectivity index (χ3v) is 7.80. The van der Waals surface area contributed by atoms with Gasteiger partial charge in [0.1, 0.15) is 5.82 Å². The zero-order chi connectivity index (χ0) is 23.6. The number of benzene rings is 3. The van der Waals surface area contributed by atoms with Gasteiger partial charge in [-0.25, -0.2) is 12.8 Å². The number of hydrogen-bond acceptors (Lipinski definition) is 4. The van der Waals surface area contributed by atoms with Crippen molar-refractivity contribution >= 4 is 49.7 Å². The standard InChI is InChI=1S/C22H20ClFN2O4S2/c1-25(21-12-7-16(23)14-20(21)24)22(27)15-5-4-6-19(13-15)32(29,30)26(2)17-8-10-18(11-9-17)31(3)28/h4-14H,1-3H3. The lowest BCUT2D eigenvalue weighted by atomic mass is 10.2. The van der Waals surface area contributed by atoms with Gasteiger partial charge in [-0.3, -0.25) is 13.3 Å². The molecule has 0 radical (unpaired) electrons. The van der Waals surface area contributed by atoms with Gasteiger partial charge < -0.3 is 4.90 Å². The van der Waals surface area contributed by atoms with Crippen LogP contribution in [0.1, 0.15) is 10.4 Å². The van der Waals surface area contributed by atoms with Gasteiger partial charge in [0.05, 0.1) is 16.3 Å². The summed E-state index contributed by atoms with van der Waals surface area (Å²) in [6, 6.07) is 15.7. The van der Waals surface area contributed by atoms with E-state index in [9.17, 15) is 21.8 Å². The minimum Gasteiger partial charge on any atom is -0.309 e. The highest BCUT2D eigenvalue weighted by molar-refractivity contribution is 7.92. The molecule has 0 aliphatic carbocycles. The van der Waals surface area contributed by atoms with Crippen LogP contribution in [0.2, 0.25) is 5.02 Å². The van der Waals surface area contributed by atoms with E-state index in [1.807, 2.05) is 0 Å². The lowest BCUT2D eigenvalue weighted by Crippen LogP contribution is -2.29. The molecule has 3 aromatic carbocycles. The molecule has 3 rings (SSSR count). The first-order chi connectivity index (χ1) is 15.0. The summed E-state index contributed by atoms with van der Waals surface area (Å²) in [6.45, 7) is 0. The van der Waals surface area contributed by atoms with E-state index in [1.165, 1.54) is 56.7 Å². The Labute approximate surface area is 193 Å². The third kappa shape index (κ3) is 4.85. The Bertz CT molecular complexity index is 1300. The summed E-state index contributed by atoms with van der Waals surface area (Å²) < 4.78 is 53.1. The molecule has 1 unspecified atom stereocenters. The molecule has 0 spiro atoms. The summed E-state index contributed by atoms with van der Waals surface area (Å²) in [5.74, 6) is -1.26. The number of carbonyl (C=O) groups is 1. The second-order valence-corrected chi connectivity index (χ2v) is 10.7. The largest absolute Gasteiger partial charge is 0.309 e. The van der Waals surface area contributed by atoms with Crippen LogP contribution in [0.15, 0.2) is 76.5 Å². The molecule has 1 amide bonds. The molecule has 0 heterocycles. The van der Waals surface area contributed by atoms with E-state index in [4.69, 9.17) is 11.6 Å². The molecule has 0 N–H and O–H groups in total. The number of sulfonamides is 1. The van der Waals surface area contributed by atoms with Crippen LogP contribution >= 0.6 is 11.6 Å². The molecule has 0 aliphatic rings. The average molecular weight is 495 g/mol. The van der Waals surface area contributed by atoms with Crippen molar-refractivity contribution in [3.63, 3.8) is 0 Å². The highest BCUT2D eigenvalue weighted by Crippen LogP contribution is 2.26. The van der Waals surface area contributed by atoms with Crippen LogP contribution in [0, 0.1) is 5.82 Å². The summed E-state index contributed by atoms with van der Waals surface area (Å²) in [7, 11) is -2.40. The highest BCUT2D eigenvalue weighted by atomic mass is 35.5. The lowest BCUT2D eigenvalue weighted by Gasteiger charge is -2.21. The van der Waals surface area contributed by atoms with Gasteiger partial charge in [0.15, 0.2) is 0 Å². The molecule has 1 atom stereocenters. The predicted molar refractivity (Wildman–Crippen MR) is 125 cm³/mol. The van der Waals surface area contributed by atoms with Crippen molar-refractivity contribution in [2.45, 2.75) is 9.79 Å². The van der Waals surface area contributed by atoms with Gasteiger partial charge in [-0.2, -0.15) is 0 Å². The lowest BCUT2D eigenvalue weighted by molar-refractivity contribution is 0.0992. The van der Waals surface area contributed by atoms with Crippen molar-refractivity contribution in [3.05, 3.63) is 83.1 Å². The summed E-state index contributed by atoms with van der Waals surface area (Å²) in [4.78, 5) is 14.5. The average Bonchev–Trinajstić information content (AvgIpc) is 2.77. The maximum absolute atomic E-state index is 14.2. The first kappa shape index (κ1) is 23.9. The van der Waals surface area contributed by atoms with Gasteiger partial charge in [0.25, 0.3) is 15.9 Å². The maximum Gasteiger partial charge on any atom is 0.264 e. The highest BCUT2D eigenvalue weighted by Gasteiger charge is 2.24. The minimum absolute atomic E-state index is 0.0122. The summed E-state index contributed by atoms with van der Waals surface area (Å²) in [5, 5.41) is 0.196. The summed E-state index contributed by atoms with van der Waals surface area (Å²) in [6.07, 6.45) is 1.53. The number of hydrogen-bond donors (Lipinski definition) is 0. The van der Waals surface area contributed by atoms with E-state index in [1.54, 1.807) is 24.3 Å². The fourth-order valence-corrected chi connectivity index (χ4v) is 4.91. The smallest absolute Gasteiger partial charge is 0.264 e. The van der Waals surface area contributed by atoms with Crippen LogP contribution in [0.5, 0.6) is 0 Å². The molecule has 6 nitrogen and oxygen atoms in total. The second-order valence-electron chi connectivity index (χ2n) is 6.91. The Morgan fingerprint density at radius 1 is 1.00 bits per heavy atom. The van der Waals surface area contributed by atoms with Crippen LogP contribution in [0.25, 0.3) is 0 Å². The van der Waals surface area contributed by atoms with Gasteiger partial charge in [0.2, 0.25) is 0 Å². The van der Waals surface area contributed by atoms with Gasteiger partial charge in [-0.05, 0) is 60.7 Å². The zero-order valence-corrected chi connectivity index (χ0v) is 19.8. The molecule has 3 aromatic rings. The van der Waals surface area contributed by atoms with E-state index in [2.05, 4.69) is 0 Å². The molecule has 0 bridgehead atoms. The van der Waals surface area contributed by atoms with Gasteiger partial charge >= 0.3 is 0 Å². The topological polar surface area (TPSA) is 74.8 Å². The molecule has 168 valence electrons. The van der Waals surface area contributed by atoms with Crippen LogP contribution in [0.4, 0.5) is 15.8 Å². The summed E-state index contributed by atoms with van der Waals surface area (Å²) >= 11 is 5.76. The van der Waals surface area contributed by atoms with E-state index < -0.39 is 32.5 Å². The predicted octanol–water partition coefficient (Wildman–Crippen LogP) is 4.32. The van der Waals surface area contributed by atoms with Gasteiger partial charge in [-0.15, -0.1) is 0 Å². The molecular weight excluding hydrogens is 475 g/mol. The number of carbonyl (C=O) groups excluding carboxylic acids is 1. The molecule has 0 aromatic heterocycles. The number of nitrogens with zero attached hydrogens (tertiary/aromatic N) is 2. The summed E-state index contributed by atoms with van der Waals surface area (Å²) in [5.41, 5.74) is 0.461. The third-order valence-electron chi connectivity index (χ3n) is 4.85. The maximum atomic E-state index is 14.2. The van der Waals surface area contributed by atoms with Gasteiger partial charge in [0, 0.05) is 46.6 Å². The Kier molecular flexibility index (Phi) is 7.02. The van der Waals surface area contributed by atoms with E-state index >= 15 is 0 Å². The van der Waals surface area contributed by atoms with E-state index in [-0.39, 0.29) is 21.2 Å². The Hall–Kier alpha value is -2.75. The van der Waals surface area contributed by atoms with Crippen LogP contribution in [0.3, 0.4) is 0 Å². The van der Waals surface area contributed by atoms with Crippen molar-refractivity contribution < 1.29 is 21.8 Å². The Morgan fingerprint density at radius 3 is 2.25 bits per heavy atom. The fraction of sp³-hybridized carbons (Fsp3) is 0.136. The number of rotatable bonds is 6. The fourth-order valence-electron chi connectivity index (χ4n) is 2.99. The molecule has 0 saturated carbocycles. The first-order valence-corrected chi connectivity index (χ1v) is 12.7. The number of amides is 1.